The second-order valence-corrected chi connectivity index (χ2v) is 14.5. The summed E-state index contributed by atoms with van der Waals surface area (Å²) in [6.45, 7) is 7.06. The summed E-state index contributed by atoms with van der Waals surface area (Å²) in [5.74, 6) is 2.26. The molecule has 0 amide bonds. The number of pyridine rings is 1. The lowest BCUT2D eigenvalue weighted by Gasteiger charge is -2.13. The number of H-pyrrole nitrogens is 1. The van der Waals surface area contributed by atoms with Crippen LogP contribution in [0.4, 0.5) is 11.4 Å². The molecule has 2 N–H and O–H groups in total. The zero-order valence-electron chi connectivity index (χ0n) is 28.8. The first-order valence-electron chi connectivity index (χ1n) is 16.2. The van der Waals surface area contributed by atoms with Gasteiger partial charge in [-0.2, -0.15) is 0 Å². The van der Waals surface area contributed by atoms with Gasteiger partial charge in [-0.25, -0.2) is 9.98 Å². The highest BCUT2D eigenvalue weighted by molar-refractivity contribution is 8.76. The molecule has 0 atom stereocenters. The Bertz CT molecular complexity index is 1890. The smallest absolute Gasteiger partial charge is 0.167 e. The first-order valence-corrected chi connectivity index (χ1v) is 18.7. The molecule has 4 aromatic carbocycles. The molecular formula is C42H48N4S2+2. The van der Waals surface area contributed by atoms with Crippen molar-refractivity contribution in [2.24, 2.45) is 0 Å². The highest BCUT2D eigenvalue weighted by Crippen LogP contribution is 2.24. The fourth-order valence-electron chi connectivity index (χ4n) is 4.84. The molecule has 0 fully saturated rings. The Morgan fingerprint density at radius 1 is 0.688 bits per heavy atom. The van der Waals surface area contributed by atoms with Gasteiger partial charge in [0.1, 0.15) is 0 Å². The second-order valence-electron chi connectivity index (χ2n) is 11.6. The van der Waals surface area contributed by atoms with Crippen molar-refractivity contribution in [1.82, 2.24) is 0 Å². The highest BCUT2D eigenvalue weighted by Gasteiger charge is 2.01. The molecule has 1 heterocycles. The van der Waals surface area contributed by atoms with Crippen molar-refractivity contribution in [2.45, 2.75) is 6.92 Å². The molecule has 0 bridgehead atoms. The summed E-state index contributed by atoms with van der Waals surface area (Å²) in [6.07, 6.45) is 18.3. The third-order valence-corrected chi connectivity index (χ3v) is 10.0. The molecule has 0 radical (unpaired) electrons. The zero-order valence-corrected chi connectivity index (χ0v) is 30.5. The van der Waals surface area contributed by atoms with Crippen molar-refractivity contribution in [3.63, 3.8) is 0 Å². The van der Waals surface area contributed by atoms with E-state index in [0.29, 0.717) is 0 Å². The molecule has 1 aromatic heterocycles. The quantitative estimate of drug-likeness (QED) is 0.0589. The molecule has 0 unspecified atom stereocenters. The Hall–Kier alpha value is -4.52. The monoisotopic (exact) mass is 672 g/mol. The molecule has 0 saturated carbocycles. The van der Waals surface area contributed by atoms with Crippen LogP contribution in [0.3, 0.4) is 0 Å². The summed E-state index contributed by atoms with van der Waals surface area (Å²) in [6, 6.07) is 30.3. The van der Waals surface area contributed by atoms with Gasteiger partial charge < -0.3 is 9.80 Å². The lowest BCUT2D eigenvalue weighted by Crippen LogP contribution is -2.69. The van der Waals surface area contributed by atoms with Crippen LogP contribution in [0.2, 0.25) is 0 Å². The lowest BCUT2D eigenvalue weighted by atomic mass is 10.0. The van der Waals surface area contributed by atoms with Crippen LogP contribution in [-0.2, 0) is 0 Å². The average Bonchev–Trinajstić information content (AvgIpc) is 3.11. The summed E-state index contributed by atoms with van der Waals surface area (Å²) in [7, 11) is 12.1. The minimum atomic E-state index is 0.974. The number of fused-ring (bicyclic) bond motifs is 2. The van der Waals surface area contributed by atoms with E-state index in [1.54, 1.807) is 0 Å². The predicted molar refractivity (Wildman–Crippen MR) is 218 cm³/mol. The summed E-state index contributed by atoms with van der Waals surface area (Å²) in [5, 5.41) is 5.05. The number of nitrogens with zero attached hydrogens (tertiary/aromatic N) is 2. The van der Waals surface area contributed by atoms with Gasteiger partial charge in [0.25, 0.3) is 0 Å². The van der Waals surface area contributed by atoms with Crippen molar-refractivity contribution in [3.8, 4) is 0 Å². The maximum atomic E-state index is 3.91. The Morgan fingerprint density at radius 3 is 1.79 bits per heavy atom. The van der Waals surface area contributed by atoms with Gasteiger partial charge in [-0.3, -0.25) is 0 Å². The van der Waals surface area contributed by atoms with E-state index in [2.05, 4.69) is 177 Å². The fourth-order valence-corrected chi connectivity index (χ4v) is 6.42. The molecular weight excluding hydrogens is 625 g/mol. The fraction of sp³-hybridized carbons (Fsp3) is 0.190. The summed E-state index contributed by atoms with van der Waals surface area (Å²) >= 11 is 0. The highest BCUT2D eigenvalue weighted by atomic mass is 33.1. The molecule has 5 rings (SSSR count). The number of aromatic nitrogens is 1. The van der Waals surface area contributed by atoms with E-state index in [-0.39, 0.29) is 0 Å². The molecule has 4 nitrogen and oxygen atoms in total. The van der Waals surface area contributed by atoms with E-state index in [1.807, 2.05) is 46.3 Å². The number of allylic oxidation sites excluding steroid dienone is 4. The molecule has 0 aliphatic heterocycles. The van der Waals surface area contributed by atoms with E-state index < -0.39 is 0 Å². The van der Waals surface area contributed by atoms with Crippen LogP contribution < -0.4 is 19.8 Å². The number of hydrogen-bond donors (Lipinski definition) is 1. The van der Waals surface area contributed by atoms with Crippen molar-refractivity contribution in [1.29, 1.82) is 0 Å². The molecule has 0 spiro atoms. The van der Waals surface area contributed by atoms with Gasteiger partial charge in [-0.15, -0.1) is 0 Å². The number of hydrogen-bond acceptors (Lipinski definition) is 4. The molecule has 0 aliphatic carbocycles. The number of nitrogens with one attached hydrogen (secondary N) is 2. The minimum absolute atomic E-state index is 0.974. The van der Waals surface area contributed by atoms with Crippen LogP contribution in [0.15, 0.2) is 128 Å². The first kappa shape index (κ1) is 36.3. The Balaban J connectivity index is 0.000000223. The lowest BCUT2D eigenvalue weighted by molar-refractivity contribution is -0.444. The Labute approximate surface area is 295 Å². The molecule has 0 saturated heterocycles. The van der Waals surface area contributed by atoms with Crippen LogP contribution in [0.5, 0.6) is 0 Å². The number of anilines is 2. The molecule has 6 heteroatoms. The van der Waals surface area contributed by atoms with E-state index in [4.69, 9.17) is 0 Å². The number of rotatable bonds is 13. The van der Waals surface area contributed by atoms with Gasteiger partial charge in [0.15, 0.2) is 25.2 Å². The average molecular weight is 673 g/mol. The van der Waals surface area contributed by atoms with Crippen LogP contribution in [0.1, 0.15) is 23.6 Å². The van der Waals surface area contributed by atoms with E-state index in [0.717, 1.165) is 23.6 Å². The predicted octanol–water partition coefficient (Wildman–Crippen LogP) is 8.47. The van der Waals surface area contributed by atoms with Gasteiger partial charge in [-0.1, -0.05) is 102 Å². The Kier molecular flexibility index (Phi) is 14.6. The van der Waals surface area contributed by atoms with Crippen molar-refractivity contribution < 1.29 is 9.98 Å². The normalized spacial score (nSPS) is 11.8. The van der Waals surface area contributed by atoms with E-state index in [9.17, 15) is 0 Å². The first-order chi connectivity index (χ1) is 23.4. The minimum Gasteiger partial charge on any atom is -0.378 e. The van der Waals surface area contributed by atoms with Crippen LogP contribution in [0, 0.1) is 0 Å². The molecule has 5 aromatic rings. The van der Waals surface area contributed by atoms with Gasteiger partial charge in [-0.05, 0) is 80.2 Å². The van der Waals surface area contributed by atoms with Gasteiger partial charge in [0.2, 0.25) is 0 Å². The zero-order chi connectivity index (χ0) is 34.1. The summed E-state index contributed by atoms with van der Waals surface area (Å²) < 4.78 is 0. The molecule has 48 heavy (non-hydrogen) atoms. The van der Waals surface area contributed by atoms with Gasteiger partial charge in [0, 0.05) is 63.5 Å². The standard InChI is InChI=1S/C23H28N2S2.C19H18N2/c1-5-19(13-14-24-15-16-27-26-6-2)7-8-20-9-10-22-18-23(25(3)4)12-11-21(22)17-20;1-21(2)19-8-7-17-13-16(5-6-18(17)14-19)4-3-15-9-11-20-12-10-15/h5,7-14,17-18H,1,6,15-16H2,2-4H3;3-14H,1-2H3/p+2/b8-7+,19-13+,24-14?;4-3+. The van der Waals surface area contributed by atoms with Crippen molar-refractivity contribution >= 4 is 79.0 Å². The Morgan fingerprint density at radius 2 is 1.23 bits per heavy atom. The third kappa shape index (κ3) is 11.6. The van der Waals surface area contributed by atoms with Crippen LogP contribution >= 0.6 is 21.6 Å². The van der Waals surface area contributed by atoms with E-state index >= 15 is 0 Å². The molecule has 0 aliphatic rings. The third-order valence-electron chi connectivity index (χ3n) is 7.57. The van der Waals surface area contributed by atoms with Crippen molar-refractivity contribution in [2.75, 3.05) is 56.0 Å². The van der Waals surface area contributed by atoms with Gasteiger partial charge in [0.05, 0.1) is 5.75 Å². The van der Waals surface area contributed by atoms with Crippen LogP contribution in [-0.4, -0.2) is 52.5 Å². The van der Waals surface area contributed by atoms with Crippen molar-refractivity contribution in [3.05, 3.63) is 144 Å². The second kappa shape index (κ2) is 19.3. The van der Waals surface area contributed by atoms with Gasteiger partial charge >= 0.3 is 0 Å². The number of aromatic amines is 1. The summed E-state index contributed by atoms with van der Waals surface area (Å²) in [5.41, 5.74) is 7.13. The summed E-state index contributed by atoms with van der Waals surface area (Å²) in [4.78, 5) is 10.6. The van der Waals surface area contributed by atoms with E-state index in [1.165, 1.54) is 49.6 Å². The van der Waals surface area contributed by atoms with Crippen LogP contribution in [0.25, 0.3) is 39.8 Å². The largest absolute Gasteiger partial charge is 0.378 e. The maximum absolute atomic E-state index is 3.91. The maximum Gasteiger partial charge on any atom is 0.167 e. The molecule has 246 valence electrons. The number of benzene rings is 4. The SMILES string of the molecule is C=CC(/C=C/c1ccc2cc(N(C)C)ccc2c1)=C\C=[NH+]CCSSCC.CN(C)c1ccc2cc(/C=C/c3cc[nH+]cc3)ccc2c1. The topological polar surface area (TPSA) is 34.6 Å².